The maximum Gasteiger partial charge on any atom is 0.325 e. The van der Waals surface area contributed by atoms with Crippen LogP contribution in [0.1, 0.15) is 6.42 Å². The topological polar surface area (TPSA) is 111 Å². The number of fused-ring (bicyclic) bond motifs is 1. The minimum atomic E-state index is -0.507. The number of hydrogen-bond acceptors (Lipinski definition) is 5. The van der Waals surface area contributed by atoms with Crippen molar-refractivity contribution in [3.63, 3.8) is 0 Å². The highest BCUT2D eigenvalue weighted by Gasteiger charge is 2.45. The van der Waals surface area contributed by atoms with E-state index >= 15 is 0 Å². The third kappa shape index (κ3) is 1.52. The molecule has 0 saturated carbocycles. The number of urea groups is 1. The molecule has 4 N–H and O–H groups in total. The van der Waals surface area contributed by atoms with Crippen LogP contribution in [-0.2, 0) is 4.79 Å². The predicted molar refractivity (Wildman–Crippen MR) is 53.4 cm³/mol. The summed E-state index contributed by atoms with van der Waals surface area (Å²) in [5, 5.41) is 14.0. The number of imide groups is 1. The SMILES string of the molecule is CN1C(=O)NC(=O)C2CC(C#N)C(N)NC21. The van der Waals surface area contributed by atoms with Crippen molar-refractivity contribution in [3.8, 4) is 6.07 Å². The molecule has 86 valence electrons. The molecule has 0 bridgehead atoms. The molecule has 2 rings (SSSR count). The minimum absolute atomic E-state index is 0.340. The lowest BCUT2D eigenvalue weighted by Crippen LogP contribution is -2.70. The van der Waals surface area contributed by atoms with Gasteiger partial charge in [0.1, 0.15) is 0 Å². The fourth-order valence-corrected chi connectivity index (χ4v) is 2.16. The van der Waals surface area contributed by atoms with Gasteiger partial charge in [0.2, 0.25) is 5.91 Å². The molecule has 7 heteroatoms. The molecule has 2 aliphatic rings. The largest absolute Gasteiger partial charge is 0.325 e. The third-order valence-electron chi connectivity index (χ3n) is 3.16. The molecule has 0 aliphatic carbocycles. The second kappa shape index (κ2) is 3.73. The Hall–Kier alpha value is -1.65. The molecule has 7 nitrogen and oxygen atoms in total. The van der Waals surface area contributed by atoms with E-state index in [1.54, 1.807) is 7.05 Å². The lowest BCUT2D eigenvalue weighted by Gasteiger charge is -2.44. The lowest BCUT2D eigenvalue weighted by atomic mass is 9.84. The minimum Gasteiger partial charge on any atom is -0.315 e. The Balaban J connectivity index is 2.23. The van der Waals surface area contributed by atoms with Gasteiger partial charge >= 0.3 is 6.03 Å². The summed E-state index contributed by atoms with van der Waals surface area (Å²) in [6.45, 7) is 0. The molecule has 3 amide bonds. The summed E-state index contributed by atoms with van der Waals surface area (Å²) in [6, 6.07) is 1.62. The molecule has 4 unspecified atom stereocenters. The molecule has 2 saturated heterocycles. The number of piperidine rings is 1. The molecule has 0 aromatic rings. The van der Waals surface area contributed by atoms with Crippen LogP contribution in [0.15, 0.2) is 0 Å². The molecule has 0 spiro atoms. The molecular formula is C9H13N5O2. The summed E-state index contributed by atoms with van der Waals surface area (Å²) in [7, 11) is 1.59. The van der Waals surface area contributed by atoms with E-state index in [-0.39, 0.29) is 5.91 Å². The summed E-state index contributed by atoms with van der Waals surface area (Å²) in [6.07, 6.45) is -0.549. The number of nitrogens with zero attached hydrogens (tertiary/aromatic N) is 2. The van der Waals surface area contributed by atoms with Crippen LogP contribution in [0.3, 0.4) is 0 Å². The van der Waals surface area contributed by atoms with Crippen LogP contribution in [0.2, 0.25) is 0 Å². The molecule has 16 heavy (non-hydrogen) atoms. The average Bonchev–Trinajstić information content (AvgIpc) is 2.25. The molecule has 2 heterocycles. The fraction of sp³-hybridized carbons (Fsp3) is 0.667. The highest BCUT2D eigenvalue weighted by atomic mass is 16.2. The van der Waals surface area contributed by atoms with E-state index in [0.717, 1.165) is 0 Å². The van der Waals surface area contributed by atoms with Gasteiger partial charge in [-0.25, -0.2) is 4.79 Å². The van der Waals surface area contributed by atoms with Crippen molar-refractivity contribution in [1.29, 1.82) is 5.26 Å². The van der Waals surface area contributed by atoms with Crippen LogP contribution >= 0.6 is 0 Å². The van der Waals surface area contributed by atoms with Crippen LogP contribution in [0, 0.1) is 23.2 Å². The van der Waals surface area contributed by atoms with Gasteiger partial charge in [0, 0.05) is 7.05 Å². The average molecular weight is 223 g/mol. The van der Waals surface area contributed by atoms with Gasteiger partial charge in [0.15, 0.2) is 0 Å². The first kappa shape index (κ1) is 10.9. The van der Waals surface area contributed by atoms with Crippen LogP contribution in [0.5, 0.6) is 0 Å². The quantitative estimate of drug-likeness (QED) is 0.464. The smallest absolute Gasteiger partial charge is 0.315 e. The first-order valence-electron chi connectivity index (χ1n) is 5.03. The van der Waals surface area contributed by atoms with E-state index in [9.17, 15) is 9.59 Å². The molecule has 2 fully saturated rings. The summed E-state index contributed by atoms with van der Waals surface area (Å²) >= 11 is 0. The zero-order valence-electron chi connectivity index (χ0n) is 8.80. The van der Waals surface area contributed by atoms with E-state index in [2.05, 4.69) is 16.7 Å². The number of amides is 3. The van der Waals surface area contributed by atoms with Crippen molar-refractivity contribution in [2.75, 3.05) is 7.05 Å². The van der Waals surface area contributed by atoms with Gasteiger partial charge in [0.05, 0.1) is 30.2 Å². The number of nitrogens with one attached hydrogen (secondary N) is 2. The van der Waals surface area contributed by atoms with Gasteiger partial charge in [-0.1, -0.05) is 0 Å². The van der Waals surface area contributed by atoms with E-state index in [1.165, 1.54) is 4.90 Å². The van der Waals surface area contributed by atoms with Crippen molar-refractivity contribution in [2.45, 2.75) is 18.8 Å². The predicted octanol–water partition coefficient (Wildman–Crippen LogP) is -1.47. The van der Waals surface area contributed by atoms with Crippen molar-refractivity contribution < 1.29 is 9.59 Å². The van der Waals surface area contributed by atoms with Crippen LogP contribution in [0.25, 0.3) is 0 Å². The van der Waals surface area contributed by atoms with Crippen molar-refractivity contribution in [3.05, 3.63) is 0 Å². The second-order valence-electron chi connectivity index (χ2n) is 4.12. The molecule has 4 atom stereocenters. The number of carbonyl (C=O) groups excluding carboxylic acids is 2. The maximum absolute atomic E-state index is 11.6. The zero-order valence-corrected chi connectivity index (χ0v) is 8.80. The van der Waals surface area contributed by atoms with Gasteiger partial charge in [-0.15, -0.1) is 0 Å². The van der Waals surface area contributed by atoms with E-state index in [0.29, 0.717) is 6.42 Å². The number of carbonyl (C=O) groups is 2. The van der Waals surface area contributed by atoms with Crippen LogP contribution in [0.4, 0.5) is 4.79 Å². The lowest BCUT2D eigenvalue weighted by molar-refractivity contribution is -0.130. The van der Waals surface area contributed by atoms with E-state index < -0.39 is 30.2 Å². The molecule has 2 aliphatic heterocycles. The number of nitriles is 1. The van der Waals surface area contributed by atoms with Crippen LogP contribution < -0.4 is 16.4 Å². The van der Waals surface area contributed by atoms with Gasteiger partial charge in [-0.3, -0.25) is 15.4 Å². The monoisotopic (exact) mass is 223 g/mol. The van der Waals surface area contributed by atoms with Gasteiger partial charge in [-0.05, 0) is 6.42 Å². The summed E-state index contributed by atoms with van der Waals surface area (Å²) in [4.78, 5) is 24.4. The molecule has 0 aromatic carbocycles. The van der Waals surface area contributed by atoms with Gasteiger partial charge in [0.25, 0.3) is 0 Å². The summed E-state index contributed by atoms with van der Waals surface area (Å²) in [5.74, 6) is -1.16. The van der Waals surface area contributed by atoms with Crippen molar-refractivity contribution >= 4 is 11.9 Å². The zero-order chi connectivity index (χ0) is 11.9. The highest BCUT2D eigenvalue weighted by Crippen LogP contribution is 2.27. The Labute approximate surface area is 92.6 Å². The highest BCUT2D eigenvalue weighted by molar-refractivity contribution is 5.98. The standard InChI is InChI=1S/C9H13N5O2/c1-14-7-5(8(15)13-9(14)16)2-4(3-10)6(11)12-7/h4-7,12H,2,11H2,1H3,(H,13,15,16). The Morgan fingerprint density at radius 2 is 2.25 bits per heavy atom. The van der Waals surface area contributed by atoms with Gasteiger partial charge < -0.3 is 10.6 Å². The van der Waals surface area contributed by atoms with Crippen molar-refractivity contribution in [1.82, 2.24) is 15.5 Å². The Morgan fingerprint density at radius 3 is 2.88 bits per heavy atom. The number of hydrogen-bond donors (Lipinski definition) is 3. The number of nitrogens with two attached hydrogens (primary N) is 1. The summed E-state index contributed by atoms with van der Waals surface area (Å²) in [5.41, 5.74) is 5.75. The Kier molecular flexibility index (Phi) is 2.53. The fourth-order valence-electron chi connectivity index (χ4n) is 2.16. The summed E-state index contributed by atoms with van der Waals surface area (Å²) < 4.78 is 0. The number of rotatable bonds is 0. The molecule has 0 aromatic heterocycles. The van der Waals surface area contributed by atoms with Crippen molar-refractivity contribution in [2.24, 2.45) is 17.6 Å². The molecule has 0 radical (unpaired) electrons. The first-order chi connectivity index (χ1) is 7.54. The van der Waals surface area contributed by atoms with E-state index in [4.69, 9.17) is 11.0 Å². The Bertz CT molecular complexity index is 377. The van der Waals surface area contributed by atoms with E-state index in [1.807, 2.05) is 0 Å². The van der Waals surface area contributed by atoms with Gasteiger partial charge in [-0.2, -0.15) is 5.26 Å². The maximum atomic E-state index is 11.6. The normalized spacial score (nSPS) is 38.7. The third-order valence-corrected chi connectivity index (χ3v) is 3.16. The first-order valence-corrected chi connectivity index (χ1v) is 5.03. The van der Waals surface area contributed by atoms with Crippen LogP contribution in [-0.4, -0.2) is 36.2 Å². The molecular weight excluding hydrogens is 210 g/mol. The Morgan fingerprint density at radius 1 is 1.56 bits per heavy atom. The second-order valence-corrected chi connectivity index (χ2v) is 4.12.